The molecule has 3 aromatic rings. The lowest BCUT2D eigenvalue weighted by atomic mass is 10.1. The van der Waals surface area contributed by atoms with Crippen molar-refractivity contribution in [1.82, 2.24) is 10.3 Å². The summed E-state index contributed by atoms with van der Waals surface area (Å²) in [6, 6.07) is 17.3. The Balaban J connectivity index is 1.37. The zero-order valence-electron chi connectivity index (χ0n) is 15.6. The minimum absolute atomic E-state index is 0.128. The molecule has 0 saturated carbocycles. The highest BCUT2D eigenvalue weighted by atomic mass is 16.7. The Morgan fingerprint density at radius 3 is 2.79 bits per heavy atom. The third kappa shape index (κ3) is 4.06. The number of nitrogens with zero attached hydrogens (tertiary/aromatic N) is 1. The molecule has 0 aliphatic carbocycles. The Morgan fingerprint density at radius 2 is 1.89 bits per heavy atom. The van der Waals surface area contributed by atoms with E-state index in [1.807, 2.05) is 49.4 Å². The first-order valence-corrected chi connectivity index (χ1v) is 9.10. The van der Waals surface area contributed by atoms with E-state index < -0.39 is 0 Å². The van der Waals surface area contributed by atoms with Crippen LogP contribution in [-0.4, -0.2) is 17.7 Å². The van der Waals surface area contributed by atoms with Crippen molar-refractivity contribution in [1.29, 1.82) is 0 Å². The molecule has 6 heteroatoms. The molecule has 0 unspecified atom stereocenters. The van der Waals surface area contributed by atoms with Gasteiger partial charge in [-0.15, -0.1) is 0 Å². The average molecular weight is 375 g/mol. The van der Waals surface area contributed by atoms with E-state index in [1.165, 1.54) is 0 Å². The number of fused-ring (bicyclic) bond motifs is 1. The number of hydrogen-bond donors (Lipinski definition) is 2. The molecule has 0 bridgehead atoms. The molecule has 1 aromatic heterocycles. The van der Waals surface area contributed by atoms with Crippen molar-refractivity contribution in [3.8, 4) is 11.5 Å². The number of carbonyl (C=O) groups excluding carboxylic acids is 1. The highest BCUT2D eigenvalue weighted by molar-refractivity contribution is 5.94. The van der Waals surface area contributed by atoms with Gasteiger partial charge in [0.25, 0.3) is 5.91 Å². The molecular formula is C22H21N3O3. The fourth-order valence-electron chi connectivity index (χ4n) is 3.00. The van der Waals surface area contributed by atoms with Crippen LogP contribution in [0.4, 0.5) is 5.82 Å². The molecule has 2 aromatic carbocycles. The Labute approximate surface area is 163 Å². The normalized spacial score (nSPS) is 11.9. The lowest BCUT2D eigenvalue weighted by Gasteiger charge is -2.10. The topological polar surface area (TPSA) is 72.5 Å². The van der Waals surface area contributed by atoms with Crippen LogP contribution in [0.3, 0.4) is 0 Å². The van der Waals surface area contributed by atoms with E-state index >= 15 is 0 Å². The summed E-state index contributed by atoms with van der Waals surface area (Å²) in [5.74, 6) is 2.02. The number of pyridine rings is 1. The van der Waals surface area contributed by atoms with Gasteiger partial charge in [0.15, 0.2) is 11.5 Å². The predicted molar refractivity (Wildman–Crippen MR) is 106 cm³/mol. The molecule has 0 spiro atoms. The minimum atomic E-state index is -0.128. The molecule has 1 aliphatic rings. The van der Waals surface area contributed by atoms with Gasteiger partial charge in [0.2, 0.25) is 6.79 Å². The van der Waals surface area contributed by atoms with Gasteiger partial charge in [-0.05, 0) is 47.9 Å². The van der Waals surface area contributed by atoms with Gasteiger partial charge in [0.05, 0.1) is 0 Å². The third-order valence-corrected chi connectivity index (χ3v) is 4.63. The number of rotatable bonds is 6. The summed E-state index contributed by atoms with van der Waals surface area (Å²) in [7, 11) is 0. The number of aromatic nitrogens is 1. The van der Waals surface area contributed by atoms with E-state index in [4.69, 9.17) is 9.47 Å². The zero-order valence-corrected chi connectivity index (χ0v) is 15.6. The van der Waals surface area contributed by atoms with Gasteiger partial charge >= 0.3 is 0 Å². The van der Waals surface area contributed by atoms with E-state index in [-0.39, 0.29) is 12.7 Å². The van der Waals surface area contributed by atoms with E-state index in [0.29, 0.717) is 24.5 Å². The maximum absolute atomic E-state index is 12.5. The predicted octanol–water partition coefficient (Wildman–Crippen LogP) is 3.66. The van der Waals surface area contributed by atoms with Gasteiger partial charge in [-0.3, -0.25) is 4.79 Å². The van der Waals surface area contributed by atoms with Crippen LogP contribution in [0.2, 0.25) is 0 Å². The Kier molecular flexibility index (Phi) is 5.10. The summed E-state index contributed by atoms with van der Waals surface area (Å²) in [5, 5.41) is 6.20. The maximum Gasteiger partial charge on any atom is 0.251 e. The molecule has 0 fully saturated rings. The van der Waals surface area contributed by atoms with Gasteiger partial charge in [0, 0.05) is 24.8 Å². The molecule has 4 rings (SSSR count). The lowest BCUT2D eigenvalue weighted by Crippen LogP contribution is -2.23. The van der Waals surface area contributed by atoms with Crippen LogP contribution in [0.25, 0.3) is 0 Å². The summed E-state index contributed by atoms with van der Waals surface area (Å²) in [4.78, 5) is 16.8. The van der Waals surface area contributed by atoms with Crippen LogP contribution >= 0.6 is 0 Å². The Morgan fingerprint density at radius 1 is 1.04 bits per heavy atom. The summed E-state index contributed by atoms with van der Waals surface area (Å²) in [6.45, 7) is 3.35. The number of benzene rings is 2. The fourth-order valence-corrected chi connectivity index (χ4v) is 3.00. The summed E-state index contributed by atoms with van der Waals surface area (Å²) < 4.78 is 10.7. The van der Waals surface area contributed by atoms with Gasteiger partial charge in [0.1, 0.15) is 5.82 Å². The zero-order chi connectivity index (χ0) is 19.3. The summed E-state index contributed by atoms with van der Waals surface area (Å²) in [6.07, 6.45) is 1.63. The summed E-state index contributed by atoms with van der Waals surface area (Å²) in [5.41, 5.74) is 3.87. The van der Waals surface area contributed by atoms with Gasteiger partial charge in [-0.25, -0.2) is 4.98 Å². The first kappa shape index (κ1) is 17.9. The molecule has 2 heterocycles. The van der Waals surface area contributed by atoms with Crippen LogP contribution in [0, 0.1) is 6.92 Å². The van der Waals surface area contributed by atoms with Gasteiger partial charge in [-0.1, -0.05) is 30.3 Å². The second-order valence-electron chi connectivity index (χ2n) is 6.58. The molecule has 142 valence electrons. The molecule has 6 nitrogen and oxygen atoms in total. The van der Waals surface area contributed by atoms with Crippen LogP contribution < -0.4 is 20.1 Å². The fraction of sp³-hybridized carbons (Fsp3) is 0.182. The molecule has 28 heavy (non-hydrogen) atoms. The molecule has 1 amide bonds. The summed E-state index contributed by atoms with van der Waals surface area (Å²) >= 11 is 0. The number of aryl methyl sites for hydroxylation is 1. The lowest BCUT2D eigenvalue weighted by molar-refractivity contribution is 0.0951. The maximum atomic E-state index is 12.5. The molecule has 2 N–H and O–H groups in total. The van der Waals surface area contributed by atoms with E-state index in [0.717, 1.165) is 28.2 Å². The monoisotopic (exact) mass is 375 g/mol. The van der Waals surface area contributed by atoms with Gasteiger partial charge in [-0.2, -0.15) is 0 Å². The number of ether oxygens (including phenoxy) is 2. The minimum Gasteiger partial charge on any atom is -0.454 e. The van der Waals surface area contributed by atoms with Crippen molar-refractivity contribution in [2.24, 2.45) is 0 Å². The number of amides is 1. The van der Waals surface area contributed by atoms with Crippen molar-refractivity contribution in [2.75, 3.05) is 12.1 Å². The first-order chi connectivity index (χ1) is 13.7. The van der Waals surface area contributed by atoms with Crippen molar-refractivity contribution in [2.45, 2.75) is 20.0 Å². The first-order valence-electron chi connectivity index (χ1n) is 9.10. The van der Waals surface area contributed by atoms with Crippen LogP contribution in [0.15, 0.2) is 60.8 Å². The van der Waals surface area contributed by atoms with Crippen molar-refractivity contribution in [3.63, 3.8) is 0 Å². The van der Waals surface area contributed by atoms with Crippen molar-refractivity contribution < 1.29 is 14.3 Å². The molecule has 0 saturated heterocycles. The highest BCUT2D eigenvalue weighted by Crippen LogP contribution is 2.32. The average Bonchev–Trinajstić information content (AvgIpc) is 3.19. The Bertz CT molecular complexity index is 1000. The molecular weight excluding hydrogens is 354 g/mol. The van der Waals surface area contributed by atoms with E-state index in [9.17, 15) is 4.79 Å². The smallest absolute Gasteiger partial charge is 0.251 e. The number of anilines is 1. The molecule has 0 radical (unpaired) electrons. The van der Waals surface area contributed by atoms with Crippen LogP contribution in [0.5, 0.6) is 11.5 Å². The highest BCUT2D eigenvalue weighted by Gasteiger charge is 2.13. The quantitative estimate of drug-likeness (QED) is 0.688. The second kappa shape index (κ2) is 8.00. The number of nitrogens with one attached hydrogen (secondary N) is 2. The number of hydrogen-bond acceptors (Lipinski definition) is 5. The molecule has 1 aliphatic heterocycles. The van der Waals surface area contributed by atoms with Crippen LogP contribution in [-0.2, 0) is 13.1 Å². The van der Waals surface area contributed by atoms with Crippen molar-refractivity contribution in [3.05, 3.63) is 83.0 Å². The van der Waals surface area contributed by atoms with E-state index in [1.54, 1.807) is 18.3 Å². The second-order valence-corrected chi connectivity index (χ2v) is 6.58. The Hall–Kier alpha value is -3.54. The van der Waals surface area contributed by atoms with E-state index in [2.05, 4.69) is 15.6 Å². The van der Waals surface area contributed by atoms with Crippen LogP contribution in [0.1, 0.15) is 27.0 Å². The standard InChI is InChI=1S/C22H21N3O3/c1-15-4-2-3-5-18(15)13-25-22(26)17-8-9-23-21(11-17)24-12-16-6-7-19-20(10-16)28-14-27-19/h2-11H,12-14H2,1H3,(H,23,24)(H,25,26). The largest absolute Gasteiger partial charge is 0.454 e. The number of carbonyl (C=O) groups is 1. The third-order valence-electron chi connectivity index (χ3n) is 4.63. The molecule has 0 atom stereocenters. The van der Waals surface area contributed by atoms with Crippen molar-refractivity contribution >= 4 is 11.7 Å². The van der Waals surface area contributed by atoms with Gasteiger partial charge < -0.3 is 20.1 Å². The SMILES string of the molecule is Cc1ccccc1CNC(=O)c1ccnc(NCc2ccc3c(c2)OCO3)c1.